The van der Waals surface area contributed by atoms with Crippen molar-refractivity contribution in [2.75, 3.05) is 27.7 Å². The van der Waals surface area contributed by atoms with Gasteiger partial charge in [-0.3, -0.25) is 9.48 Å². The molecule has 0 bridgehead atoms. The van der Waals surface area contributed by atoms with E-state index in [1.54, 1.807) is 14.1 Å². The second-order valence-corrected chi connectivity index (χ2v) is 4.66. The summed E-state index contributed by atoms with van der Waals surface area (Å²) in [6, 6.07) is 0. The molecular formula is C16H28N4O. The summed E-state index contributed by atoms with van der Waals surface area (Å²) in [5, 5.41) is 4.36. The van der Waals surface area contributed by atoms with Crippen molar-refractivity contribution in [1.29, 1.82) is 0 Å². The third kappa shape index (κ3) is 4.61. The first-order valence-electron chi connectivity index (χ1n) is 7.42. The molecule has 1 heterocycles. The molecule has 0 spiro atoms. The van der Waals surface area contributed by atoms with Crippen LogP contribution in [0.4, 0.5) is 0 Å². The number of hydrogen-bond donors (Lipinski definition) is 0. The molecule has 1 aromatic heterocycles. The number of amides is 1. The zero-order valence-corrected chi connectivity index (χ0v) is 14.4. The third-order valence-electron chi connectivity index (χ3n) is 3.07. The average Bonchev–Trinajstić information content (AvgIpc) is 2.85. The van der Waals surface area contributed by atoms with Crippen LogP contribution in [0.5, 0.6) is 0 Å². The Labute approximate surface area is 128 Å². The average molecular weight is 292 g/mol. The van der Waals surface area contributed by atoms with E-state index in [-0.39, 0.29) is 5.91 Å². The number of carbonyl (C=O) groups excluding carboxylic acids is 1. The number of rotatable bonds is 5. The molecule has 0 N–H and O–H groups in total. The summed E-state index contributed by atoms with van der Waals surface area (Å²) in [5.74, 6) is 2.47. The standard InChI is InChI=1S/C14H22N4O.C2H6/c1-7-11-12(10-17(6)8-2)18(9-3)15-13(11)14(19)16(4)5;1-2/h1H,8-10H2,2-6H3;1-2H3. The SMILES string of the molecule is C#Cc1c(C(=O)N(C)C)nn(CC)c1CN(C)CC.CC. The number of aromatic nitrogens is 2. The Balaban J connectivity index is 0.00000191. The van der Waals surface area contributed by atoms with E-state index in [9.17, 15) is 4.79 Å². The molecule has 0 aliphatic carbocycles. The Kier molecular flexibility index (Phi) is 8.41. The maximum atomic E-state index is 12.1. The molecule has 1 aromatic rings. The van der Waals surface area contributed by atoms with Crippen LogP contribution in [0.25, 0.3) is 0 Å². The molecule has 118 valence electrons. The molecule has 1 rings (SSSR count). The highest BCUT2D eigenvalue weighted by molar-refractivity contribution is 5.94. The Bertz CT molecular complexity index is 497. The van der Waals surface area contributed by atoms with Gasteiger partial charge in [0.1, 0.15) is 0 Å². The van der Waals surface area contributed by atoms with E-state index in [4.69, 9.17) is 6.42 Å². The van der Waals surface area contributed by atoms with Crippen molar-refractivity contribution in [2.45, 2.75) is 40.8 Å². The van der Waals surface area contributed by atoms with Crippen LogP contribution in [0, 0.1) is 12.3 Å². The zero-order valence-electron chi connectivity index (χ0n) is 14.4. The van der Waals surface area contributed by atoms with E-state index in [0.717, 1.165) is 12.2 Å². The van der Waals surface area contributed by atoms with Gasteiger partial charge in [-0.15, -0.1) is 6.42 Å². The summed E-state index contributed by atoms with van der Waals surface area (Å²) in [7, 11) is 5.41. The molecule has 0 aliphatic rings. The fourth-order valence-corrected chi connectivity index (χ4v) is 1.80. The van der Waals surface area contributed by atoms with Crippen molar-refractivity contribution in [3.63, 3.8) is 0 Å². The fraction of sp³-hybridized carbons (Fsp3) is 0.625. The Hall–Kier alpha value is -1.80. The monoisotopic (exact) mass is 292 g/mol. The van der Waals surface area contributed by atoms with E-state index in [0.29, 0.717) is 24.3 Å². The predicted octanol–water partition coefficient (Wildman–Crippen LogP) is 2.06. The van der Waals surface area contributed by atoms with Gasteiger partial charge in [0.15, 0.2) is 5.69 Å². The number of terminal acetylenes is 1. The smallest absolute Gasteiger partial charge is 0.275 e. The number of carbonyl (C=O) groups is 1. The molecule has 5 heteroatoms. The lowest BCUT2D eigenvalue weighted by atomic mass is 10.1. The Morgan fingerprint density at radius 1 is 1.29 bits per heavy atom. The molecule has 0 saturated carbocycles. The molecule has 1 amide bonds. The molecule has 0 atom stereocenters. The largest absolute Gasteiger partial charge is 0.343 e. The van der Waals surface area contributed by atoms with Crippen LogP contribution < -0.4 is 0 Å². The highest BCUT2D eigenvalue weighted by Gasteiger charge is 2.22. The van der Waals surface area contributed by atoms with E-state index in [1.807, 2.05) is 32.5 Å². The summed E-state index contributed by atoms with van der Waals surface area (Å²) in [4.78, 5) is 15.7. The van der Waals surface area contributed by atoms with E-state index < -0.39 is 0 Å². The number of hydrogen-bond acceptors (Lipinski definition) is 3. The zero-order chi connectivity index (χ0) is 16.6. The van der Waals surface area contributed by atoms with Crippen molar-refractivity contribution < 1.29 is 4.79 Å². The summed E-state index contributed by atoms with van der Waals surface area (Å²) in [6.07, 6.45) is 5.58. The highest BCUT2D eigenvalue weighted by atomic mass is 16.2. The highest BCUT2D eigenvalue weighted by Crippen LogP contribution is 2.16. The molecule has 0 radical (unpaired) electrons. The Morgan fingerprint density at radius 3 is 2.24 bits per heavy atom. The lowest BCUT2D eigenvalue weighted by Gasteiger charge is -2.15. The molecule has 0 aliphatic heterocycles. The first kappa shape index (κ1) is 19.2. The minimum absolute atomic E-state index is 0.152. The van der Waals surface area contributed by atoms with Crippen LogP contribution in [0.15, 0.2) is 0 Å². The van der Waals surface area contributed by atoms with Gasteiger partial charge < -0.3 is 9.80 Å². The molecule has 5 nitrogen and oxygen atoms in total. The maximum Gasteiger partial charge on any atom is 0.275 e. The normalized spacial score (nSPS) is 9.86. The van der Waals surface area contributed by atoms with Gasteiger partial charge in [0.05, 0.1) is 11.3 Å². The number of aryl methyl sites for hydroxylation is 1. The molecular weight excluding hydrogens is 264 g/mol. The summed E-state index contributed by atoms with van der Waals surface area (Å²) in [5.41, 5.74) is 1.91. The lowest BCUT2D eigenvalue weighted by Crippen LogP contribution is -2.23. The van der Waals surface area contributed by atoms with Gasteiger partial charge in [-0.2, -0.15) is 5.10 Å². The predicted molar refractivity (Wildman–Crippen MR) is 87.2 cm³/mol. The van der Waals surface area contributed by atoms with Crippen LogP contribution in [-0.4, -0.2) is 53.2 Å². The van der Waals surface area contributed by atoms with Gasteiger partial charge in [0.2, 0.25) is 0 Å². The van der Waals surface area contributed by atoms with Gasteiger partial charge in [-0.05, 0) is 20.5 Å². The van der Waals surface area contributed by atoms with Gasteiger partial charge >= 0.3 is 0 Å². The van der Waals surface area contributed by atoms with E-state index in [1.165, 1.54) is 4.90 Å². The quantitative estimate of drug-likeness (QED) is 0.780. The van der Waals surface area contributed by atoms with Crippen LogP contribution in [-0.2, 0) is 13.1 Å². The Morgan fingerprint density at radius 2 is 1.86 bits per heavy atom. The van der Waals surface area contributed by atoms with Crippen molar-refractivity contribution in [2.24, 2.45) is 0 Å². The van der Waals surface area contributed by atoms with Gasteiger partial charge in [0.25, 0.3) is 5.91 Å². The molecule has 0 aromatic carbocycles. The minimum Gasteiger partial charge on any atom is -0.343 e. The number of nitrogens with zero attached hydrogens (tertiary/aromatic N) is 4. The minimum atomic E-state index is -0.152. The second-order valence-electron chi connectivity index (χ2n) is 4.66. The molecule has 0 saturated heterocycles. The molecule has 0 fully saturated rings. The summed E-state index contributed by atoms with van der Waals surface area (Å²) >= 11 is 0. The van der Waals surface area contributed by atoms with Crippen molar-refractivity contribution in [3.8, 4) is 12.3 Å². The second kappa shape index (κ2) is 9.19. The van der Waals surface area contributed by atoms with Crippen LogP contribution in [0.3, 0.4) is 0 Å². The third-order valence-corrected chi connectivity index (χ3v) is 3.07. The first-order valence-corrected chi connectivity index (χ1v) is 7.42. The van der Waals surface area contributed by atoms with Crippen LogP contribution >= 0.6 is 0 Å². The maximum absolute atomic E-state index is 12.1. The lowest BCUT2D eigenvalue weighted by molar-refractivity contribution is 0.0821. The van der Waals surface area contributed by atoms with Crippen LogP contribution in [0.2, 0.25) is 0 Å². The fourth-order valence-electron chi connectivity index (χ4n) is 1.80. The van der Waals surface area contributed by atoms with Gasteiger partial charge in [0, 0.05) is 27.2 Å². The summed E-state index contributed by atoms with van der Waals surface area (Å²) < 4.78 is 1.82. The summed E-state index contributed by atoms with van der Waals surface area (Å²) in [6.45, 7) is 10.4. The van der Waals surface area contributed by atoms with Crippen molar-refractivity contribution in [1.82, 2.24) is 19.6 Å². The van der Waals surface area contributed by atoms with E-state index >= 15 is 0 Å². The van der Waals surface area contributed by atoms with E-state index in [2.05, 4.69) is 22.8 Å². The van der Waals surface area contributed by atoms with Crippen molar-refractivity contribution >= 4 is 5.91 Å². The van der Waals surface area contributed by atoms with Gasteiger partial charge in [-0.1, -0.05) is 26.7 Å². The molecule has 21 heavy (non-hydrogen) atoms. The first-order chi connectivity index (χ1) is 9.96. The van der Waals surface area contributed by atoms with Crippen LogP contribution in [0.1, 0.15) is 49.4 Å². The topological polar surface area (TPSA) is 41.4 Å². The van der Waals surface area contributed by atoms with Crippen molar-refractivity contribution in [3.05, 3.63) is 17.0 Å². The van der Waals surface area contributed by atoms with Gasteiger partial charge in [-0.25, -0.2) is 0 Å². The molecule has 0 unspecified atom stereocenters.